The molecule has 102 valence electrons. The molecular weight excluding hydrogens is 234 g/mol. The highest BCUT2D eigenvalue weighted by molar-refractivity contribution is 6.05. The van der Waals surface area contributed by atoms with Crippen molar-refractivity contribution in [1.29, 1.82) is 0 Å². The van der Waals surface area contributed by atoms with Crippen LogP contribution in [0.3, 0.4) is 0 Å². The van der Waals surface area contributed by atoms with Gasteiger partial charge in [-0.3, -0.25) is 19.8 Å². The van der Waals surface area contributed by atoms with E-state index in [1.165, 1.54) is 5.01 Å². The molecule has 6 nitrogen and oxygen atoms in total. The number of carbonyl (C=O) groups excluding carboxylic acids is 3. The van der Waals surface area contributed by atoms with Crippen molar-refractivity contribution in [2.75, 3.05) is 0 Å². The van der Waals surface area contributed by atoms with E-state index in [1.807, 2.05) is 13.8 Å². The molecular formula is C12H21N3O3. The van der Waals surface area contributed by atoms with Crippen LogP contribution in [0.15, 0.2) is 0 Å². The summed E-state index contributed by atoms with van der Waals surface area (Å²) in [6, 6.07) is -0.594. The van der Waals surface area contributed by atoms with Crippen molar-refractivity contribution in [2.24, 2.45) is 5.73 Å². The third kappa shape index (κ3) is 3.80. The summed E-state index contributed by atoms with van der Waals surface area (Å²) in [6.45, 7) is 3.76. The minimum absolute atomic E-state index is 0.0743. The van der Waals surface area contributed by atoms with Gasteiger partial charge in [-0.05, 0) is 19.8 Å². The van der Waals surface area contributed by atoms with E-state index < -0.39 is 11.9 Å². The molecule has 1 heterocycles. The second-order valence-corrected chi connectivity index (χ2v) is 4.76. The smallest absolute Gasteiger partial charge is 0.246 e. The topological polar surface area (TPSA) is 92.5 Å². The zero-order valence-electron chi connectivity index (χ0n) is 10.9. The standard InChI is InChI=1S/C12H21N3O3/c1-3-4-9-10(16)7-11(17)14-15(9)12(18)6-5-8(2)13/h8-9H,3-7,13H2,1-2H3,(H,14,17)/t8-,9?/m0/s1. The first kappa shape index (κ1) is 14.6. The first-order chi connectivity index (χ1) is 8.45. The summed E-state index contributed by atoms with van der Waals surface area (Å²) >= 11 is 0. The van der Waals surface area contributed by atoms with Crippen molar-refractivity contribution < 1.29 is 14.4 Å². The molecule has 1 saturated heterocycles. The van der Waals surface area contributed by atoms with E-state index in [0.29, 0.717) is 12.8 Å². The number of amides is 2. The summed E-state index contributed by atoms with van der Waals surface area (Å²) in [6.07, 6.45) is 2.00. The van der Waals surface area contributed by atoms with E-state index in [0.717, 1.165) is 6.42 Å². The fraction of sp³-hybridized carbons (Fsp3) is 0.750. The molecule has 0 aliphatic carbocycles. The van der Waals surface area contributed by atoms with Crippen molar-refractivity contribution >= 4 is 17.6 Å². The van der Waals surface area contributed by atoms with Crippen LogP contribution in [-0.2, 0) is 14.4 Å². The Morgan fingerprint density at radius 3 is 2.78 bits per heavy atom. The molecule has 18 heavy (non-hydrogen) atoms. The Bertz CT molecular complexity index is 341. The molecule has 3 N–H and O–H groups in total. The van der Waals surface area contributed by atoms with Gasteiger partial charge in [-0.1, -0.05) is 13.3 Å². The fourth-order valence-electron chi connectivity index (χ4n) is 1.94. The minimum atomic E-state index is -0.520. The van der Waals surface area contributed by atoms with Crippen LogP contribution in [0.1, 0.15) is 46.0 Å². The van der Waals surface area contributed by atoms with Gasteiger partial charge in [0.25, 0.3) is 0 Å². The van der Waals surface area contributed by atoms with Gasteiger partial charge in [0.15, 0.2) is 5.78 Å². The molecule has 1 unspecified atom stereocenters. The molecule has 2 atom stereocenters. The summed E-state index contributed by atoms with van der Waals surface area (Å²) in [5.74, 6) is -0.844. The molecule has 0 aromatic carbocycles. The van der Waals surface area contributed by atoms with E-state index in [4.69, 9.17) is 5.73 Å². The Kier molecular flexibility index (Phi) is 5.27. The van der Waals surface area contributed by atoms with Crippen molar-refractivity contribution in [2.45, 2.75) is 58.0 Å². The molecule has 1 aliphatic rings. The van der Waals surface area contributed by atoms with Gasteiger partial charge in [-0.15, -0.1) is 0 Å². The van der Waals surface area contributed by atoms with Crippen LogP contribution < -0.4 is 11.2 Å². The highest BCUT2D eigenvalue weighted by Crippen LogP contribution is 2.15. The van der Waals surface area contributed by atoms with Crippen molar-refractivity contribution in [1.82, 2.24) is 10.4 Å². The third-order valence-electron chi connectivity index (χ3n) is 2.91. The maximum Gasteiger partial charge on any atom is 0.246 e. The Balaban J connectivity index is 2.70. The molecule has 1 rings (SSSR count). The summed E-state index contributed by atoms with van der Waals surface area (Å²) in [5, 5.41) is 1.19. The molecule has 6 heteroatoms. The second-order valence-electron chi connectivity index (χ2n) is 4.76. The van der Waals surface area contributed by atoms with E-state index in [9.17, 15) is 14.4 Å². The summed E-state index contributed by atoms with van der Waals surface area (Å²) in [5.41, 5.74) is 8.08. The number of hydrogen-bond donors (Lipinski definition) is 2. The number of nitrogens with two attached hydrogens (primary N) is 1. The van der Waals surface area contributed by atoms with E-state index in [1.54, 1.807) is 0 Å². The zero-order chi connectivity index (χ0) is 13.7. The maximum atomic E-state index is 12.0. The fourth-order valence-corrected chi connectivity index (χ4v) is 1.94. The number of ketones is 1. The van der Waals surface area contributed by atoms with Crippen LogP contribution in [0.4, 0.5) is 0 Å². The summed E-state index contributed by atoms with van der Waals surface area (Å²) < 4.78 is 0. The number of Topliss-reactive ketones (excluding diaryl/α,β-unsaturated/α-hetero) is 1. The summed E-state index contributed by atoms with van der Waals surface area (Å²) in [7, 11) is 0. The van der Waals surface area contributed by atoms with E-state index >= 15 is 0 Å². The average molecular weight is 255 g/mol. The molecule has 0 saturated carbocycles. The van der Waals surface area contributed by atoms with Crippen molar-refractivity contribution in [3.8, 4) is 0 Å². The Hall–Kier alpha value is -1.43. The molecule has 2 amide bonds. The minimum Gasteiger partial charge on any atom is -0.328 e. The van der Waals surface area contributed by atoms with Crippen molar-refractivity contribution in [3.63, 3.8) is 0 Å². The molecule has 0 aromatic rings. The highest BCUT2D eigenvalue weighted by atomic mass is 16.2. The van der Waals surface area contributed by atoms with Gasteiger partial charge in [0.1, 0.15) is 6.04 Å². The quantitative estimate of drug-likeness (QED) is 0.682. The van der Waals surface area contributed by atoms with Gasteiger partial charge in [0, 0.05) is 12.5 Å². The Morgan fingerprint density at radius 1 is 1.56 bits per heavy atom. The van der Waals surface area contributed by atoms with Gasteiger partial charge in [-0.25, -0.2) is 5.01 Å². The monoisotopic (exact) mass is 255 g/mol. The van der Waals surface area contributed by atoms with Crippen LogP contribution in [-0.4, -0.2) is 34.7 Å². The molecule has 0 bridgehead atoms. The van der Waals surface area contributed by atoms with Gasteiger partial charge >= 0.3 is 0 Å². The van der Waals surface area contributed by atoms with Crippen LogP contribution >= 0.6 is 0 Å². The average Bonchev–Trinajstić information content (AvgIpc) is 2.29. The van der Waals surface area contributed by atoms with Crippen LogP contribution in [0.2, 0.25) is 0 Å². The zero-order valence-corrected chi connectivity index (χ0v) is 10.9. The normalized spacial score (nSPS) is 21.7. The Labute approximate surface area is 107 Å². The Morgan fingerprint density at radius 2 is 2.22 bits per heavy atom. The molecule has 1 aliphatic heterocycles. The van der Waals surface area contributed by atoms with E-state index in [-0.39, 0.29) is 30.6 Å². The number of carbonyl (C=O) groups is 3. The number of nitrogens with one attached hydrogen (secondary N) is 1. The maximum absolute atomic E-state index is 12.0. The molecule has 0 aromatic heterocycles. The van der Waals surface area contributed by atoms with Gasteiger partial charge in [0.2, 0.25) is 11.8 Å². The van der Waals surface area contributed by atoms with Gasteiger partial charge in [-0.2, -0.15) is 0 Å². The number of nitrogens with zero attached hydrogens (tertiary/aromatic N) is 1. The highest BCUT2D eigenvalue weighted by Gasteiger charge is 2.35. The number of rotatable bonds is 5. The van der Waals surface area contributed by atoms with Crippen LogP contribution in [0.25, 0.3) is 0 Å². The van der Waals surface area contributed by atoms with E-state index in [2.05, 4.69) is 5.43 Å². The lowest BCUT2D eigenvalue weighted by Crippen LogP contribution is -2.59. The lowest BCUT2D eigenvalue weighted by Gasteiger charge is -2.34. The predicted octanol–water partition coefficient (Wildman–Crippen LogP) is 0.115. The van der Waals surface area contributed by atoms with Crippen LogP contribution in [0, 0.1) is 0 Å². The third-order valence-corrected chi connectivity index (χ3v) is 2.91. The van der Waals surface area contributed by atoms with Gasteiger partial charge < -0.3 is 5.73 Å². The molecule has 0 spiro atoms. The van der Waals surface area contributed by atoms with Crippen molar-refractivity contribution in [3.05, 3.63) is 0 Å². The SMILES string of the molecule is CCCC1C(=O)CC(=O)NN1C(=O)CC[C@H](C)N. The summed E-state index contributed by atoms with van der Waals surface area (Å²) in [4.78, 5) is 35.1. The number of hydrazine groups is 1. The first-order valence-corrected chi connectivity index (χ1v) is 6.35. The lowest BCUT2D eigenvalue weighted by molar-refractivity contribution is -0.155. The molecule has 1 fully saturated rings. The number of hydrogen-bond acceptors (Lipinski definition) is 4. The second kappa shape index (κ2) is 6.49. The largest absolute Gasteiger partial charge is 0.328 e. The lowest BCUT2D eigenvalue weighted by atomic mass is 10.0. The molecule has 0 radical (unpaired) electrons. The van der Waals surface area contributed by atoms with Gasteiger partial charge in [0.05, 0.1) is 6.42 Å². The van der Waals surface area contributed by atoms with Crippen LogP contribution in [0.5, 0.6) is 0 Å². The first-order valence-electron chi connectivity index (χ1n) is 6.35. The predicted molar refractivity (Wildman–Crippen MR) is 66.2 cm³/mol.